The SMILES string of the molecule is COC(=O)[C@H](Cc1ccccc1)NC(=O)CCNC(=O)OCc1ccccc1. The summed E-state index contributed by atoms with van der Waals surface area (Å²) in [7, 11) is 1.27. The van der Waals surface area contributed by atoms with Crippen molar-refractivity contribution in [2.45, 2.75) is 25.5 Å². The molecule has 0 heterocycles. The standard InChI is InChI=1S/C21H24N2O5/c1-27-20(25)18(14-16-8-4-2-5-9-16)23-19(24)12-13-22-21(26)28-15-17-10-6-3-7-11-17/h2-11,18H,12-15H2,1H3,(H,22,26)(H,23,24)/t18-/m0/s1. The van der Waals surface area contributed by atoms with Crippen molar-refractivity contribution in [3.05, 3.63) is 71.8 Å². The number of carbonyl (C=O) groups excluding carboxylic acids is 3. The molecular formula is C21H24N2O5. The van der Waals surface area contributed by atoms with E-state index in [1.165, 1.54) is 7.11 Å². The third-order valence-corrected chi connectivity index (χ3v) is 3.94. The molecule has 0 aliphatic heterocycles. The highest BCUT2D eigenvalue weighted by atomic mass is 16.5. The highest BCUT2D eigenvalue weighted by molar-refractivity contribution is 5.85. The lowest BCUT2D eigenvalue weighted by Crippen LogP contribution is -2.44. The first-order chi connectivity index (χ1) is 13.6. The van der Waals surface area contributed by atoms with E-state index in [-0.39, 0.29) is 25.5 Å². The number of nitrogens with one attached hydrogen (secondary N) is 2. The number of amides is 2. The quantitative estimate of drug-likeness (QED) is 0.647. The Balaban J connectivity index is 1.72. The fourth-order valence-electron chi connectivity index (χ4n) is 2.50. The van der Waals surface area contributed by atoms with Crippen molar-refractivity contribution in [3.8, 4) is 0 Å². The van der Waals surface area contributed by atoms with E-state index in [9.17, 15) is 14.4 Å². The van der Waals surface area contributed by atoms with Gasteiger partial charge in [-0.05, 0) is 11.1 Å². The zero-order chi connectivity index (χ0) is 20.2. The van der Waals surface area contributed by atoms with Crippen LogP contribution in [0.3, 0.4) is 0 Å². The van der Waals surface area contributed by atoms with Gasteiger partial charge in [-0.1, -0.05) is 60.7 Å². The Bertz CT molecular complexity index is 765. The summed E-state index contributed by atoms with van der Waals surface area (Å²) in [5, 5.41) is 5.15. The average molecular weight is 384 g/mol. The minimum Gasteiger partial charge on any atom is -0.467 e. The highest BCUT2D eigenvalue weighted by Crippen LogP contribution is 2.05. The summed E-state index contributed by atoms with van der Waals surface area (Å²) in [6.45, 7) is 0.249. The van der Waals surface area contributed by atoms with Crippen molar-refractivity contribution in [2.75, 3.05) is 13.7 Å². The second kappa shape index (κ2) is 11.4. The molecule has 28 heavy (non-hydrogen) atoms. The maximum absolute atomic E-state index is 12.1. The van der Waals surface area contributed by atoms with Gasteiger partial charge in [0.1, 0.15) is 12.6 Å². The number of benzene rings is 2. The van der Waals surface area contributed by atoms with E-state index in [1.54, 1.807) is 0 Å². The Hall–Kier alpha value is -3.35. The smallest absolute Gasteiger partial charge is 0.407 e. The van der Waals surface area contributed by atoms with Crippen molar-refractivity contribution in [1.29, 1.82) is 0 Å². The van der Waals surface area contributed by atoms with Crippen LogP contribution in [0.5, 0.6) is 0 Å². The van der Waals surface area contributed by atoms with Crippen molar-refractivity contribution >= 4 is 18.0 Å². The van der Waals surface area contributed by atoms with Gasteiger partial charge in [-0.3, -0.25) is 4.79 Å². The van der Waals surface area contributed by atoms with Crippen LogP contribution in [0.2, 0.25) is 0 Å². The molecule has 0 aromatic heterocycles. The minimum absolute atomic E-state index is 0.0166. The summed E-state index contributed by atoms with van der Waals surface area (Å²) in [6.07, 6.45) is -0.264. The molecule has 2 N–H and O–H groups in total. The van der Waals surface area contributed by atoms with E-state index in [2.05, 4.69) is 10.6 Å². The second-order valence-electron chi connectivity index (χ2n) is 6.07. The summed E-state index contributed by atoms with van der Waals surface area (Å²) in [6, 6.07) is 17.8. The minimum atomic E-state index is -0.787. The topological polar surface area (TPSA) is 93.7 Å². The maximum atomic E-state index is 12.1. The van der Waals surface area contributed by atoms with Crippen LogP contribution in [0.1, 0.15) is 17.5 Å². The van der Waals surface area contributed by atoms with Crippen LogP contribution >= 0.6 is 0 Å². The molecule has 2 amide bonds. The van der Waals surface area contributed by atoms with E-state index in [0.717, 1.165) is 11.1 Å². The lowest BCUT2D eigenvalue weighted by atomic mass is 10.1. The van der Waals surface area contributed by atoms with Gasteiger partial charge < -0.3 is 20.1 Å². The number of rotatable bonds is 9. The molecule has 2 aromatic rings. The first kappa shape index (κ1) is 21.0. The average Bonchev–Trinajstić information content (AvgIpc) is 2.72. The van der Waals surface area contributed by atoms with Gasteiger partial charge in [0, 0.05) is 19.4 Å². The molecule has 0 unspecified atom stereocenters. The number of hydrogen-bond donors (Lipinski definition) is 2. The van der Waals surface area contributed by atoms with E-state index in [1.807, 2.05) is 60.7 Å². The van der Waals surface area contributed by atoms with Gasteiger partial charge in [-0.15, -0.1) is 0 Å². The molecule has 0 saturated heterocycles. The van der Waals surface area contributed by atoms with Gasteiger partial charge >= 0.3 is 12.1 Å². The molecule has 2 rings (SSSR count). The maximum Gasteiger partial charge on any atom is 0.407 e. The number of carbonyl (C=O) groups is 3. The Labute approximate surface area is 164 Å². The molecule has 0 aliphatic rings. The lowest BCUT2D eigenvalue weighted by Gasteiger charge is -2.16. The fraction of sp³-hybridized carbons (Fsp3) is 0.286. The van der Waals surface area contributed by atoms with Gasteiger partial charge in [-0.2, -0.15) is 0 Å². The van der Waals surface area contributed by atoms with Gasteiger partial charge in [0.25, 0.3) is 0 Å². The highest BCUT2D eigenvalue weighted by Gasteiger charge is 2.21. The first-order valence-electron chi connectivity index (χ1n) is 8.94. The largest absolute Gasteiger partial charge is 0.467 e. The van der Waals surface area contributed by atoms with Gasteiger partial charge in [-0.25, -0.2) is 9.59 Å². The Morgan fingerprint density at radius 3 is 2.14 bits per heavy atom. The van der Waals surface area contributed by atoms with Crippen LogP contribution in [0, 0.1) is 0 Å². The third-order valence-electron chi connectivity index (χ3n) is 3.94. The Kier molecular flexibility index (Phi) is 8.52. The molecule has 0 aliphatic carbocycles. The van der Waals surface area contributed by atoms with Crippen LogP contribution < -0.4 is 10.6 Å². The van der Waals surface area contributed by atoms with Crippen molar-refractivity contribution < 1.29 is 23.9 Å². The second-order valence-corrected chi connectivity index (χ2v) is 6.07. The summed E-state index contributed by atoms with van der Waals surface area (Å²) in [5.41, 5.74) is 1.78. The molecule has 0 spiro atoms. The van der Waals surface area contributed by atoms with Gasteiger partial charge in [0.15, 0.2) is 0 Å². The van der Waals surface area contributed by atoms with Crippen molar-refractivity contribution in [3.63, 3.8) is 0 Å². The number of hydrogen-bond acceptors (Lipinski definition) is 5. The molecule has 148 valence electrons. The summed E-state index contributed by atoms with van der Waals surface area (Å²) in [4.78, 5) is 35.7. The zero-order valence-corrected chi connectivity index (χ0v) is 15.7. The first-order valence-corrected chi connectivity index (χ1v) is 8.94. The summed E-state index contributed by atoms with van der Waals surface area (Å²) >= 11 is 0. The Morgan fingerprint density at radius 1 is 0.929 bits per heavy atom. The number of methoxy groups -OCH3 is 1. The number of alkyl carbamates (subject to hydrolysis) is 1. The van der Waals surface area contributed by atoms with E-state index >= 15 is 0 Å². The number of ether oxygens (including phenoxy) is 2. The molecule has 0 radical (unpaired) electrons. The molecule has 0 saturated carbocycles. The summed E-state index contributed by atoms with van der Waals surface area (Å²) in [5.74, 6) is -0.887. The molecular weight excluding hydrogens is 360 g/mol. The van der Waals surface area contributed by atoms with Crippen LogP contribution in [0.4, 0.5) is 4.79 Å². The monoisotopic (exact) mass is 384 g/mol. The number of esters is 1. The van der Waals surface area contributed by atoms with Crippen molar-refractivity contribution in [2.24, 2.45) is 0 Å². The summed E-state index contributed by atoms with van der Waals surface area (Å²) < 4.78 is 9.83. The molecule has 0 bridgehead atoms. The predicted octanol–water partition coefficient (Wildman–Crippen LogP) is 2.20. The van der Waals surface area contributed by atoms with Gasteiger partial charge in [0.05, 0.1) is 7.11 Å². The molecule has 1 atom stereocenters. The lowest BCUT2D eigenvalue weighted by molar-refractivity contribution is -0.145. The predicted molar refractivity (Wildman–Crippen MR) is 103 cm³/mol. The van der Waals surface area contributed by atoms with Crippen molar-refractivity contribution in [1.82, 2.24) is 10.6 Å². The van der Waals surface area contributed by atoms with Crippen LogP contribution in [0.15, 0.2) is 60.7 Å². The zero-order valence-electron chi connectivity index (χ0n) is 15.7. The normalized spacial score (nSPS) is 11.2. The van der Waals surface area contributed by atoms with E-state index < -0.39 is 18.1 Å². The van der Waals surface area contributed by atoms with Crippen LogP contribution in [-0.2, 0) is 32.1 Å². The molecule has 7 nitrogen and oxygen atoms in total. The van der Waals surface area contributed by atoms with E-state index in [4.69, 9.17) is 9.47 Å². The fourth-order valence-corrected chi connectivity index (χ4v) is 2.50. The molecule has 0 fully saturated rings. The van der Waals surface area contributed by atoms with E-state index in [0.29, 0.717) is 6.42 Å². The Morgan fingerprint density at radius 2 is 1.54 bits per heavy atom. The third kappa shape index (κ3) is 7.49. The van der Waals surface area contributed by atoms with Crippen LogP contribution in [-0.4, -0.2) is 37.7 Å². The molecule has 2 aromatic carbocycles. The molecule has 7 heteroatoms. The van der Waals surface area contributed by atoms with Crippen LogP contribution in [0.25, 0.3) is 0 Å². The van der Waals surface area contributed by atoms with Gasteiger partial charge in [0.2, 0.25) is 5.91 Å².